The highest BCUT2D eigenvalue weighted by molar-refractivity contribution is 5.92. The SMILES string of the molecule is Cc1ccc2nc(N3Cc4ccccc4N(C)c4ccccc43)nc(NCC3(N)COC3)c2c1. The maximum atomic E-state index is 6.41. The van der Waals surface area contributed by atoms with Crippen molar-refractivity contribution in [3.8, 4) is 0 Å². The van der Waals surface area contributed by atoms with Gasteiger partial charge >= 0.3 is 0 Å². The molecule has 1 fully saturated rings. The van der Waals surface area contributed by atoms with Crippen molar-refractivity contribution in [2.24, 2.45) is 5.73 Å². The Balaban J connectivity index is 1.50. The van der Waals surface area contributed by atoms with E-state index in [4.69, 9.17) is 20.4 Å². The molecule has 3 heterocycles. The average molecular weight is 453 g/mol. The van der Waals surface area contributed by atoms with Crippen LogP contribution in [0.4, 0.5) is 28.8 Å². The molecule has 0 unspecified atom stereocenters. The fourth-order valence-corrected chi connectivity index (χ4v) is 4.72. The van der Waals surface area contributed by atoms with Crippen LogP contribution in [0.1, 0.15) is 11.1 Å². The zero-order valence-corrected chi connectivity index (χ0v) is 19.5. The van der Waals surface area contributed by atoms with Gasteiger partial charge in [0, 0.05) is 24.7 Å². The number of fused-ring (bicyclic) bond motifs is 3. The number of hydrogen-bond acceptors (Lipinski definition) is 7. The van der Waals surface area contributed by atoms with Crippen LogP contribution < -0.4 is 20.9 Å². The first kappa shape index (κ1) is 20.9. The molecule has 0 atom stereocenters. The van der Waals surface area contributed by atoms with Gasteiger partial charge in [-0.05, 0) is 42.8 Å². The molecule has 3 N–H and O–H groups in total. The molecule has 7 nitrogen and oxygen atoms in total. The van der Waals surface area contributed by atoms with Crippen molar-refractivity contribution in [2.45, 2.75) is 19.0 Å². The maximum Gasteiger partial charge on any atom is 0.232 e. The summed E-state index contributed by atoms with van der Waals surface area (Å²) in [6, 6.07) is 23.2. The third kappa shape index (κ3) is 3.54. The molecule has 1 aromatic heterocycles. The predicted octanol–water partition coefficient (Wildman–Crippen LogP) is 4.50. The van der Waals surface area contributed by atoms with Crippen LogP contribution in [-0.2, 0) is 11.3 Å². The third-order valence-electron chi connectivity index (χ3n) is 6.68. The number of hydrogen-bond donors (Lipinski definition) is 2. The number of nitrogens with zero attached hydrogens (tertiary/aromatic N) is 4. The van der Waals surface area contributed by atoms with Gasteiger partial charge in [0.2, 0.25) is 5.95 Å². The van der Waals surface area contributed by atoms with E-state index < -0.39 is 0 Å². The van der Waals surface area contributed by atoms with E-state index in [1.54, 1.807) is 0 Å². The zero-order chi connectivity index (χ0) is 23.3. The van der Waals surface area contributed by atoms with Crippen molar-refractivity contribution >= 4 is 39.7 Å². The molecule has 34 heavy (non-hydrogen) atoms. The van der Waals surface area contributed by atoms with Gasteiger partial charge in [0.05, 0.1) is 42.2 Å². The van der Waals surface area contributed by atoms with Gasteiger partial charge in [0.25, 0.3) is 0 Å². The molecule has 0 aliphatic carbocycles. The maximum absolute atomic E-state index is 6.41. The quantitative estimate of drug-likeness (QED) is 0.472. The summed E-state index contributed by atoms with van der Waals surface area (Å²) in [4.78, 5) is 14.5. The Morgan fingerprint density at radius 1 is 0.971 bits per heavy atom. The van der Waals surface area contributed by atoms with Gasteiger partial charge < -0.3 is 25.6 Å². The summed E-state index contributed by atoms with van der Waals surface area (Å²) in [5.74, 6) is 1.45. The Labute approximate surface area is 199 Å². The van der Waals surface area contributed by atoms with Crippen LogP contribution in [0.3, 0.4) is 0 Å². The normalized spacial score (nSPS) is 16.4. The first-order valence-corrected chi connectivity index (χ1v) is 11.6. The van der Waals surface area contributed by atoms with Crippen LogP contribution in [0.2, 0.25) is 0 Å². The first-order valence-electron chi connectivity index (χ1n) is 11.6. The molecule has 2 aliphatic heterocycles. The molecular formula is C27H28N6O. The molecule has 1 saturated heterocycles. The van der Waals surface area contributed by atoms with E-state index in [-0.39, 0.29) is 5.54 Å². The lowest BCUT2D eigenvalue weighted by Crippen LogP contribution is -2.61. The van der Waals surface area contributed by atoms with E-state index in [2.05, 4.69) is 95.8 Å². The van der Waals surface area contributed by atoms with Gasteiger partial charge in [-0.25, -0.2) is 4.98 Å². The summed E-state index contributed by atoms with van der Waals surface area (Å²) in [5, 5.41) is 4.50. The van der Waals surface area contributed by atoms with Gasteiger partial charge in [0.15, 0.2) is 0 Å². The fourth-order valence-electron chi connectivity index (χ4n) is 4.72. The lowest BCUT2D eigenvalue weighted by atomic mass is 9.99. The van der Waals surface area contributed by atoms with E-state index >= 15 is 0 Å². The number of anilines is 5. The van der Waals surface area contributed by atoms with Crippen molar-refractivity contribution in [1.82, 2.24) is 9.97 Å². The fraction of sp³-hybridized carbons (Fsp3) is 0.259. The van der Waals surface area contributed by atoms with Crippen LogP contribution in [-0.4, -0.2) is 42.3 Å². The van der Waals surface area contributed by atoms with Gasteiger partial charge in [-0.3, -0.25) is 0 Å². The smallest absolute Gasteiger partial charge is 0.232 e. The Bertz CT molecular complexity index is 1380. The standard InChI is InChI=1S/C27H28N6O/c1-18-11-12-21-20(13-18)25(29-15-27(28)16-34-17-27)31-26(30-21)33-14-19-7-3-4-8-22(19)32(2)23-9-5-6-10-24(23)33/h3-13H,14-17,28H2,1-2H3,(H,29,30,31). The van der Waals surface area contributed by atoms with E-state index in [1.165, 1.54) is 11.3 Å². The molecule has 0 spiro atoms. The molecule has 0 radical (unpaired) electrons. The Kier molecular flexibility index (Phi) is 4.90. The van der Waals surface area contributed by atoms with E-state index in [0.29, 0.717) is 32.3 Å². The number of para-hydroxylation sites is 3. The zero-order valence-electron chi connectivity index (χ0n) is 19.5. The lowest BCUT2D eigenvalue weighted by Gasteiger charge is -2.38. The van der Waals surface area contributed by atoms with Gasteiger partial charge in [-0.1, -0.05) is 42.0 Å². The number of nitrogens with one attached hydrogen (secondary N) is 1. The Morgan fingerprint density at radius 2 is 1.71 bits per heavy atom. The molecule has 0 bridgehead atoms. The van der Waals surface area contributed by atoms with Crippen molar-refractivity contribution in [3.63, 3.8) is 0 Å². The van der Waals surface area contributed by atoms with Crippen LogP contribution in [0.25, 0.3) is 10.9 Å². The number of benzene rings is 3. The number of ether oxygens (including phenoxy) is 1. The lowest BCUT2D eigenvalue weighted by molar-refractivity contribution is -0.0461. The molecule has 172 valence electrons. The minimum atomic E-state index is -0.363. The molecule has 4 aromatic rings. The van der Waals surface area contributed by atoms with Gasteiger partial charge in [0.1, 0.15) is 5.82 Å². The van der Waals surface area contributed by atoms with Crippen LogP contribution in [0, 0.1) is 6.92 Å². The summed E-state index contributed by atoms with van der Waals surface area (Å²) >= 11 is 0. The van der Waals surface area contributed by atoms with Gasteiger partial charge in [-0.15, -0.1) is 0 Å². The Hall–Kier alpha value is -3.68. The molecule has 3 aromatic carbocycles. The summed E-state index contributed by atoms with van der Waals surface area (Å²) in [6.07, 6.45) is 0. The summed E-state index contributed by atoms with van der Waals surface area (Å²) in [5.41, 5.74) is 12.7. The van der Waals surface area contributed by atoms with Crippen molar-refractivity contribution < 1.29 is 4.74 Å². The highest BCUT2D eigenvalue weighted by Gasteiger charge is 2.34. The van der Waals surface area contributed by atoms with Crippen LogP contribution in [0.5, 0.6) is 0 Å². The second-order valence-corrected chi connectivity index (χ2v) is 9.36. The van der Waals surface area contributed by atoms with Crippen molar-refractivity contribution in [3.05, 3.63) is 77.9 Å². The molecule has 0 saturated carbocycles. The van der Waals surface area contributed by atoms with E-state index in [1.807, 2.05) is 0 Å². The van der Waals surface area contributed by atoms with Crippen molar-refractivity contribution in [2.75, 3.05) is 41.9 Å². The third-order valence-corrected chi connectivity index (χ3v) is 6.68. The molecule has 7 heteroatoms. The second-order valence-electron chi connectivity index (χ2n) is 9.36. The topological polar surface area (TPSA) is 79.5 Å². The Morgan fingerprint density at radius 3 is 2.47 bits per heavy atom. The molecule has 6 rings (SSSR count). The first-order chi connectivity index (χ1) is 16.5. The minimum absolute atomic E-state index is 0.363. The number of aryl methyl sites for hydroxylation is 1. The van der Waals surface area contributed by atoms with Crippen molar-refractivity contribution in [1.29, 1.82) is 0 Å². The highest BCUT2D eigenvalue weighted by Crippen LogP contribution is 2.42. The predicted molar refractivity (Wildman–Crippen MR) is 137 cm³/mol. The molecule has 2 aliphatic rings. The molecular weight excluding hydrogens is 424 g/mol. The summed E-state index contributed by atoms with van der Waals surface area (Å²) < 4.78 is 5.34. The van der Waals surface area contributed by atoms with E-state index in [0.717, 1.165) is 33.7 Å². The summed E-state index contributed by atoms with van der Waals surface area (Å²) in [6.45, 7) is 4.45. The minimum Gasteiger partial charge on any atom is -0.377 e. The van der Waals surface area contributed by atoms with Gasteiger partial charge in [-0.2, -0.15) is 4.98 Å². The van der Waals surface area contributed by atoms with Crippen LogP contribution >= 0.6 is 0 Å². The highest BCUT2D eigenvalue weighted by atomic mass is 16.5. The van der Waals surface area contributed by atoms with Crippen LogP contribution in [0.15, 0.2) is 66.7 Å². The monoisotopic (exact) mass is 452 g/mol. The van der Waals surface area contributed by atoms with E-state index in [9.17, 15) is 0 Å². The number of aromatic nitrogens is 2. The number of nitrogens with two attached hydrogens (primary N) is 1. The molecule has 0 amide bonds. The average Bonchev–Trinajstić information content (AvgIpc) is 2.96. The summed E-state index contributed by atoms with van der Waals surface area (Å²) in [7, 11) is 2.11. The number of rotatable bonds is 4. The largest absolute Gasteiger partial charge is 0.377 e. The second kappa shape index (κ2) is 7.97.